The van der Waals surface area contributed by atoms with Crippen LogP contribution >= 0.6 is 0 Å². The van der Waals surface area contributed by atoms with Gasteiger partial charge in [0.05, 0.1) is 10.3 Å². The Morgan fingerprint density at radius 2 is 1.96 bits per heavy atom. The van der Waals surface area contributed by atoms with Gasteiger partial charge < -0.3 is 10.0 Å². The number of carbonyl (C=O) groups excluding carboxylic acids is 1. The lowest BCUT2D eigenvalue weighted by Crippen LogP contribution is -2.44. The van der Waals surface area contributed by atoms with Crippen LogP contribution in [-0.4, -0.2) is 38.5 Å². The molecule has 0 saturated heterocycles. The van der Waals surface area contributed by atoms with Gasteiger partial charge in [-0.2, -0.15) is 4.72 Å². The molecule has 7 nitrogen and oxygen atoms in total. The summed E-state index contributed by atoms with van der Waals surface area (Å²) in [5.74, 6) is -1.69. The number of carboxylic acid groups (broad SMARTS) is 1. The van der Waals surface area contributed by atoms with Gasteiger partial charge >= 0.3 is 5.97 Å². The van der Waals surface area contributed by atoms with Crippen molar-refractivity contribution in [3.63, 3.8) is 0 Å². The highest BCUT2D eigenvalue weighted by Gasteiger charge is 2.43. The van der Waals surface area contributed by atoms with E-state index in [1.54, 1.807) is 40.8 Å². The molecule has 25 heavy (non-hydrogen) atoms. The van der Waals surface area contributed by atoms with Crippen molar-refractivity contribution in [2.75, 3.05) is 11.9 Å². The molecule has 0 spiro atoms. The quantitative estimate of drug-likeness (QED) is 0.796. The largest absolute Gasteiger partial charge is 0.480 e. The molecule has 2 N–H and O–H groups in total. The minimum Gasteiger partial charge on any atom is -0.480 e. The van der Waals surface area contributed by atoms with Crippen molar-refractivity contribution in [3.05, 3.63) is 23.8 Å². The van der Waals surface area contributed by atoms with E-state index in [1.165, 1.54) is 17.0 Å². The topological polar surface area (TPSA) is 104 Å². The van der Waals surface area contributed by atoms with Crippen LogP contribution in [0.4, 0.5) is 5.69 Å². The van der Waals surface area contributed by atoms with Crippen molar-refractivity contribution in [3.8, 4) is 0 Å². The summed E-state index contributed by atoms with van der Waals surface area (Å²) in [5.41, 5.74) is 0.433. The summed E-state index contributed by atoms with van der Waals surface area (Å²) < 4.78 is 27.6. The van der Waals surface area contributed by atoms with Gasteiger partial charge in [0.1, 0.15) is 6.04 Å². The van der Waals surface area contributed by atoms with Crippen LogP contribution in [0.3, 0.4) is 0 Å². The van der Waals surface area contributed by atoms with Crippen molar-refractivity contribution in [1.82, 2.24) is 4.72 Å². The van der Waals surface area contributed by atoms with Crippen molar-refractivity contribution in [1.29, 1.82) is 0 Å². The number of likely N-dealkylation sites (N-methyl/N-ethyl adjacent to an activating group) is 1. The molecule has 1 aromatic rings. The molecule has 0 fully saturated rings. The molecule has 0 bridgehead atoms. The summed E-state index contributed by atoms with van der Waals surface area (Å²) in [5, 5.41) is 9.31. The monoisotopic (exact) mass is 368 g/mol. The van der Waals surface area contributed by atoms with Crippen LogP contribution in [0.25, 0.3) is 0 Å². The third-order valence-corrected chi connectivity index (χ3v) is 6.35. The van der Waals surface area contributed by atoms with Gasteiger partial charge in [-0.05, 0) is 43.5 Å². The van der Waals surface area contributed by atoms with Gasteiger partial charge in [-0.1, -0.05) is 20.3 Å². The average Bonchev–Trinajstić information content (AvgIpc) is 2.72. The molecule has 8 heteroatoms. The van der Waals surface area contributed by atoms with Crippen LogP contribution in [0.15, 0.2) is 23.1 Å². The standard InChI is InChI=1S/C17H24N2O5S/c1-6-10(2)14(15(20)21)18-25(23,24)11-7-8-13-12(9-11)17(3,4)16(22)19(13)5/h7-10,14,18H,6H2,1-5H3,(H,20,21)/t10-,14-/m0/s1. The molecule has 1 aromatic carbocycles. The van der Waals surface area contributed by atoms with Crippen molar-refractivity contribution >= 4 is 27.6 Å². The van der Waals surface area contributed by atoms with Gasteiger partial charge in [-0.25, -0.2) is 8.42 Å². The van der Waals surface area contributed by atoms with Gasteiger partial charge in [-0.3, -0.25) is 9.59 Å². The predicted octanol–water partition coefficient (Wildman–Crippen LogP) is 1.72. The fourth-order valence-corrected chi connectivity index (χ4v) is 4.32. The van der Waals surface area contributed by atoms with E-state index in [0.717, 1.165) is 0 Å². The lowest BCUT2D eigenvalue weighted by Gasteiger charge is -2.21. The molecule has 0 aromatic heterocycles. The fourth-order valence-electron chi connectivity index (χ4n) is 3.00. The molecule has 2 atom stereocenters. The molecule has 1 heterocycles. The van der Waals surface area contributed by atoms with Gasteiger partial charge in [0, 0.05) is 12.7 Å². The molecule has 0 saturated carbocycles. The van der Waals surface area contributed by atoms with Gasteiger partial charge in [0.15, 0.2) is 0 Å². The third-order valence-electron chi connectivity index (χ3n) is 4.91. The summed E-state index contributed by atoms with van der Waals surface area (Å²) in [4.78, 5) is 25.2. The maximum atomic E-state index is 12.7. The molecule has 138 valence electrons. The summed E-state index contributed by atoms with van der Waals surface area (Å²) in [7, 11) is -2.38. The number of benzene rings is 1. The van der Waals surface area contributed by atoms with Gasteiger partial charge in [-0.15, -0.1) is 0 Å². The molecule has 1 aliphatic heterocycles. The van der Waals surface area contributed by atoms with E-state index in [0.29, 0.717) is 17.7 Å². The van der Waals surface area contributed by atoms with E-state index in [1.807, 2.05) is 0 Å². The Hall–Kier alpha value is -1.93. The summed E-state index contributed by atoms with van der Waals surface area (Å²) >= 11 is 0. The van der Waals surface area contributed by atoms with Crippen LogP contribution in [0.1, 0.15) is 39.7 Å². The van der Waals surface area contributed by atoms with Gasteiger partial charge in [0.2, 0.25) is 15.9 Å². The Morgan fingerprint density at radius 3 is 2.48 bits per heavy atom. The molecular formula is C17H24N2O5S. The highest BCUT2D eigenvalue weighted by Crippen LogP contribution is 2.41. The number of nitrogens with zero attached hydrogens (tertiary/aromatic N) is 1. The second-order valence-electron chi connectivity index (χ2n) is 6.99. The second-order valence-corrected chi connectivity index (χ2v) is 8.70. The number of aliphatic carboxylic acids is 1. The minimum atomic E-state index is -4.03. The average molecular weight is 368 g/mol. The first-order valence-corrected chi connectivity index (χ1v) is 9.59. The highest BCUT2D eigenvalue weighted by atomic mass is 32.2. The SMILES string of the molecule is CC[C@H](C)[C@H](NS(=O)(=O)c1ccc2c(c1)C(C)(C)C(=O)N2C)C(=O)O. The molecule has 0 radical (unpaired) electrons. The van der Waals surface area contributed by atoms with E-state index < -0.39 is 27.4 Å². The predicted molar refractivity (Wildman–Crippen MR) is 94.1 cm³/mol. The zero-order valence-electron chi connectivity index (χ0n) is 15.0. The first kappa shape index (κ1) is 19.4. The Morgan fingerprint density at radius 1 is 1.36 bits per heavy atom. The first-order chi connectivity index (χ1) is 11.4. The Kier molecular flexibility index (Phi) is 4.98. The summed E-state index contributed by atoms with van der Waals surface area (Å²) in [6.07, 6.45) is 0.524. The zero-order chi connectivity index (χ0) is 19.2. The van der Waals surface area contributed by atoms with Crippen LogP contribution in [0.2, 0.25) is 0 Å². The van der Waals surface area contributed by atoms with E-state index in [-0.39, 0.29) is 16.7 Å². The molecule has 1 amide bonds. The molecule has 0 aliphatic carbocycles. The highest BCUT2D eigenvalue weighted by molar-refractivity contribution is 7.89. The molecule has 1 aliphatic rings. The first-order valence-electron chi connectivity index (χ1n) is 8.11. The van der Waals surface area contributed by atoms with E-state index >= 15 is 0 Å². The Labute approximate surface area is 148 Å². The van der Waals surface area contributed by atoms with E-state index in [2.05, 4.69) is 4.72 Å². The number of carbonyl (C=O) groups is 2. The second kappa shape index (κ2) is 6.42. The Balaban J connectivity index is 2.44. The maximum Gasteiger partial charge on any atom is 0.322 e. The maximum absolute atomic E-state index is 12.7. The lowest BCUT2D eigenvalue weighted by molar-refractivity contribution is -0.140. The van der Waals surface area contributed by atoms with Crippen LogP contribution in [0.5, 0.6) is 0 Å². The number of sulfonamides is 1. The van der Waals surface area contributed by atoms with Crippen molar-refractivity contribution in [2.45, 2.75) is 50.5 Å². The van der Waals surface area contributed by atoms with Gasteiger partial charge in [0.25, 0.3) is 0 Å². The molecular weight excluding hydrogens is 344 g/mol. The number of hydrogen-bond donors (Lipinski definition) is 2. The van der Waals surface area contributed by atoms with Crippen LogP contribution in [0, 0.1) is 5.92 Å². The van der Waals surface area contributed by atoms with Crippen LogP contribution < -0.4 is 9.62 Å². The molecule has 0 unspecified atom stereocenters. The smallest absolute Gasteiger partial charge is 0.322 e. The number of anilines is 1. The van der Waals surface area contributed by atoms with Crippen molar-refractivity contribution < 1.29 is 23.1 Å². The third kappa shape index (κ3) is 3.28. The zero-order valence-corrected chi connectivity index (χ0v) is 15.8. The number of carboxylic acids is 1. The molecule has 2 rings (SSSR count). The number of amides is 1. The van der Waals surface area contributed by atoms with E-state index in [4.69, 9.17) is 0 Å². The Bertz CT molecular complexity index is 816. The normalized spacial score (nSPS) is 18.8. The number of rotatable bonds is 6. The van der Waals surface area contributed by atoms with Crippen LogP contribution in [-0.2, 0) is 25.0 Å². The minimum absolute atomic E-state index is 0.0445. The number of fused-ring (bicyclic) bond motifs is 1. The number of nitrogens with one attached hydrogen (secondary N) is 1. The van der Waals surface area contributed by atoms with Crippen molar-refractivity contribution in [2.24, 2.45) is 5.92 Å². The lowest BCUT2D eigenvalue weighted by atomic mass is 9.86. The van der Waals surface area contributed by atoms with E-state index in [9.17, 15) is 23.1 Å². The fraction of sp³-hybridized carbons (Fsp3) is 0.529. The summed E-state index contributed by atoms with van der Waals surface area (Å²) in [6.45, 7) is 6.95. The number of hydrogen-bond acceptors (Lipinski definition) is 4. The summed E-state index contributed by atoms with van der Waals surface area (Å²) in [6, 6.07) is 3.21.